The molecule has 1 aromatic rings. The van der Waals surface area contributed by atoms with Crippen molar-refractivity contribution < 1.29 is 4.79 Å². The number of hydrogen-bond acceptors (Lipinski definition) is 4. The van der Waals surface area contributed by atoms with E-state index in [0.29, 0.717) is 12.6 Å². The van der Waals surface area contributed by atoms with Gasteiger partial charge >= 0.3 is 0 Å². The van der Waals surface area contributed by atoms with Crippen LogP contribution in [-0.2, 0) is 11.3 Å². The monoisotopic (exact) mass is 277 g/mol. The van der Waals surface area contributed by atoms with E-state index in [-0.39, 0.29) is 5.91 Å². The first-order chi connectivity index (χ1) is 9.17. The molecule has 4 nitrogen and oxygen atoms in total. The van der Waals surface area contributed by atoms with E-state index in [2.05, 4.69) is 33.5 Å². The van der Waals surface area contributed by atoms with Crippen LogP contribution in [0, 0.1) is 11.8 Å². The van der Waals surface area contributed by atoms with Crippen molar-refractivity contribution in [1.29, 1.82) is 0 Å². The molecule has 2 rings (SSSR count). The fourth-order valence-electron chi connectivity index (χ4n) is 2.28. The van der Waals surface area contributed by atoms with Gasteiger partial charge in [0.15, 0.2) is 0 Å². The molecule has 0 spiro atoms. The van der Waals surface area contributed by atoms with Crippen LogP contribution in [0.1, 0.15) is 23.8 Å². The number of carbonyl (C=O) groups excluding carboxylic acids is 1. The first kappa shape index (κ1) is 14.1. The van der Waals surface area contributed by atoms with E-state index in [4.69, 9.17) is 5.73 Å². The Balaban J connectivity index is 1.85. The van der Waals surface area contributed by atoms with Crippen molar-refractivity contribution in [3.8, 4) is 11.8 Å². The number of rotatable bonds is 3. The van der Waals surface area contributed by atoms with Gasteiger partial charge in [-0.2, -0.15) is 0 Å². The van der Waals surface area contributed by atoms with E-state index in [1.165, 1.54) is 4.88 Å². The fraction of sp³-hybridized carbons (Fsp3) is 0.500. The van der Waals surface area contributed by atoms with Gasteiger partial charge in [-0.1, -0.05) is 11.8 Å². The maximum Gasteiger partial charge on any atom is 0.217 e. The van der Waals surface area contributed by atoms with Gasteiger partial charge in [0.05, 0.1) is 6.54 Å². The van der Waals surface area contributed by atoms with E-state index in [1.54, 1.807) is 18.3 Å². The van der Waals surface area contributed by atoms with Crippen LogP contribution in [0.25, 0.3) is 0 Å². The quantitative estimate of drug-likeness (QED) is 0.802. The number of nitrogens with two attached hydrogens (primary N) is 1. The van der Waals surface area contributed by atoms with Crippen molar-refractivity contribution in [2.24, 2.45) is 5.73 Å². The summed E-state index contributed by atoms with van der Waals surface area (Å²) in [4.78, 5) is 14.7. The number of hydrogen-bond donors (Lipinski definition) is 2. The highest BCUT2D eigenvalue weighted by Crippen LogP contribution is 2.19. The van der Waals surface area contributed by atoms with Gasteiger partial charge in [0.2, 0.25) is 5.91 Å². The molecule has 0 radical (unpaired) electrons. The topological polar surface area (TPSA) is 58.4 Å². The fourth-order valence-corrected chi connectivity index (χ4v) is 3.14. The van der Waals surface area contributed by atoms with Gasteiger partial charge in [-0.25, -0.2) is 0 Å². The molecule has 19 heavy (non-hydrogen) atoms. The van der Waals surface area contributed by atoms with Gasteiger partial charge in [0.1, 0.15) is 0 Å². The molecule has 1 aromatic heterocycles. The van der Waals surface area contributed by atoms with Crippen LogP contribution in [0.2, 0.25) is 0 Å². The minimum atomic E-state index is 0.0577. The molecule has 1 atom stereocenters. The minimum Gasteiger partial charge on any atom is -0.352 e. The highest BCUT2D eigenvalue weighted by molar-refractivity contribution is 7.10. The highest BCUT2D eigenvalue weighted by atomic mass is 32.1. The van der Waals surface area contributed by atoms with E-state index in [9.17, 15) is 4.79 Å². The molecule has 1 aliphatic heterocycles. The van der Waals surface area contributed by atoms with Crippen LogP contribution in [0.3, 0.4) is 0 Å². The van der Waals surface area contributed by atoms with Crippen LogP contribution >= 0.6 is 11.3 Å². The van der Waals surface area contributed by atoms with Crippen LogP contribution in [0.4, 0.5) is 0 Å². The summed E-state index contributed by atoms with van der Waals surface area (Å²) in [7, 11) is 0. The molecular formula is C14H19N3OS. The predicted octanol–water partition coefficient (Wildman–Crippen LogP) is 0.769. The van der Waals surface area contributed by atoms with Gasteiger partial charge in [-0.3, -0.25) is 9.69 Å². The normalized spacial score (nSPS) is 18.9. The van der Waals surface area contributed by atoms with Crippen molar-refractivity contribution >= 4 is 17.2 Å². The second-order valence-corrected chi connectivity index (χ2v) is 5.72. The lowest BCUT2D eigenvalue weighted by atomic mass is 10.2. The van der Waals surface area contributed by atoms with Crippen molar-refractivity contribution in [2.45, 2.75) is 25.9 Å². The number of thiophene rings is 1. The second-order valence-electron chi connectivity index (χ2n) is 4.73. The summed E-state index contributed by atoms with van der Waals surface area (Å²) in [5.74, 6) is 5.97. The Morgan fingerprint density at radius 2 is 2.53 bits per heavy atom. The maximum absolute atomic E-state index is 11.0. The molecule has 1 amide bonds. The lowest BCUT2D eigenvalue weighted by molar-refractivity contribution is -0.119. The highest BCUT2D eigenvalue weighted by Gasteiger charge is 2.23. The second kappa shape index (κ2) is 6.71. The number of nitrogens with one attached hydrogen (secondary N) is 1. The molecule has 1 saturated heterocycles. The van der Waals surface area contributed by atoms with Crippen LogP contribution < -0.4 is 11.1 Å². The van der Waals surface area contributed by atoms with Gasteiger partial charge in [0, 0.05) is 48.4 Å². The summed E-state index contributed by atoms with van der Waals surface area (Å²) >= 11 is 1.73. The Morgan fingerprint density at radius 3 is 3.26 bits per heavy atom. The summed E-state index contributed by atoms with van der Waals surface area (Å²) in [6.45, 7) is 4.87. The van der Waals surface area contributed by atoms with Gasteiger partial charge in [0.25, 0.3) is 0 Å². The van der Waals surface area contributed by atoms with Crippen molar-refractivity contribution in [3.05, 3.63) is 21.9 Å². The Labute approximate surface area is 118 Å². The third-order valence-corrected chi connectivity index (χ3v) is 3.97. The average molecular weight is 277 g/mol. The van der Waals surface area contributed by atoms with E-state index >= 15 is 0 Å². The summed E-state index contributed by atoms with van der Waals surface area (Å²) in [5, 5.41) is 5.05. The number of likely N-dealkylation sites (tertiary alicyclic amines) is 1. The Bertz CT molecular complexity index is 500. The third kappa shape index (κ3) is 4.35. The molecule has 1 unspecified atom stereocenters. The average Bonchev–Trinajstić information content (AvgIpc) is 2.96. The molecule has 0 bridgehead atoms. The maximum atomic E-state index is 11.0. The van der Waals surface area contributed by atoms with Crippen molar-refractivity contribution in [3.63, 3.8) is 0 Å². The molecular weight excluding hydrogens is 258 g/mol. The van der Waals surface area contributed by atoms with Crippen LogP contribution in [0.15, 0.2) is 11.4 Å². The van der Waals surface area contributed by atoms with Gasteiger partial charge in [-0.05, 0) is 12.5 Å². The number of nitrogens with zero attached hydrogens (tertiary/aromatic N) is 1. The molecule has 0 saturated carbocycles. The molecule has 0 aliphatic carbocycles. The summed E-state index contributed by atoms with van der Waals surface area (Å²) < 4.78 is 0. The summed E-state index contributed by atoms with van der Waals surface area (Å²) in [6.07, 6.45) is 1.03. The molecule has 0 aromatic carbocycles. The molecule has 1 fully saturated rings. The summed E-state index contributed by atoms with van der Waals surface area (Å²) in [6, 6.07) is 2.42. The van der Waals surface area contributed by atoms with Gasteiger partial charge in [-0.15, -0.1) is 11.3 Å². The standard InChI is InChI=1S/C14H19N3OS/c1-11(18)16-13-4-6-17(8-13)9-14-7-12(10-19-14)3-2-5-15/h7,10,13H,4-6,8-9,15H2,1H3,(H,16,18). The first-order valence-corrected chi connectivity index (χ1v) is 7.31. The molecule has 2 heterocycles. The molecule has 5 heteroatoms. The number of amides is 1. The zero-order valence-electron chi connectivity index (χ0n) is 11.1. The van der Waals surface area contributed by atoms with Crippen LogP contribution in [0.5, 0.6) is 0 Å². The first-order valence-electron chi connectivity index (χ1n) is 6.43. The minimum absolute atomic E-state index is 0.0577. The van der Waals surface area contributed by atoms with E-state index in [1.807, 2.05) is 0 Å². The summed E-state index contributed by atoms with van der Waals surface area (Å²) in [5.41, 5.74) is 6.40. The molecule has 3 N–H and O–H groups in total. The lowest BCUT2D eigenvalue weighted by Crippen LogP contribution is -2.35. The Morgan fingerprint density at radius 1 is 1.68 bits per heavy atom. The number of carbonyl (C=O) groups is 1. The zero-order valence-corrected chi connectivity index (χ0v) is 11.9. The third-order valence-electron chi connectivity index (χ3n) is 3.05. The zero-order chi connectivity index (χ0) is 13.7. The lowest BCUT2D eigenvalue weighted by Gasteiger charge is -2.15. The molecule has 1 aliphatic rings. The smallest absolute Gasteiger partial charge is 0.217 e. The van der Waals surface area contributed by atoms with E-state index in [0.717, 1.165) is 31.6 Å². The van der Waals surface area contributed by atoms with E-state index < -0.39 is 0 Å². The SMILES string of the molecule is CC(=O)NC1CCN(Cc2cc(C#CCN)cs2)C1. The largest absolute Gasteiger partial charge is 0.352 e. The van der Waals surface area contributed by atoms with Crippen molar-refractivity contribution in [2.75, 3.05) is 19.6 Å². The van der Waals surface area contributed by atoms with Crippen LogP contribution in [-0.4, -0.2) is 36.5 Å². The Hall–Kier alpha value is -1.35. The Kier molecular flexibility index (Phi) is 4.97. The van der Waals surface area contributed by atoms with Gasteiger partial charge < -0.3 is 11.1 Å². The van der Waals surface area contributed by atoms with Crippen molar-refractivity contribution in [1.82, 2.24) is 10.2 Å². The predicted molar refractivity (Wildman–Crippen MR) is 77.8 cm³/mol. The molecule has 102 valence electrons.